The lowest BCUT2D eigenvalue weighted by molar-refractivity contribution is -0.132. The van der Waals surface area contributed by atoms with Crippen molar-refractivity contribution in [1.29, 1.82) is 0 Å². The highest BCUT2D eigenvalue weighted by molar-refractivity contribution is 8.00. The van der Waals surface area contributed by atoms with Gasteiger partial charge in [0.25, 0.3) is 0 Å². The lowest BCUT2D eigenvalue weighted by Gasteiger charge is -2.32. The minimum Gasteiger partial charge on any atom is -0.497 e. The summed E-state index contributed by atoms with van der Waals surface area (Å²) in [7, 11) is 1.56. The highest BCUT2D eigenvalue weighted by atomic mass is 32.2. The number of hydrogen-bond donors (Lipinski definition) is 3. The van der Waals surface area contributed by atoms with Crippen LogP contribution in [0.3, 0.4) is 0 Å². The molecule has 3 rings (SSSR count). The van der Waals surface area contributed by atoms with Crippen LogP contribution in [-0.4, -0.2) is 36.6 Å². The second kappa shape index (κ2) is 11.1. The average molecular weight is 500 g/mol. The van der Waals surface area contributed by atoms with Gasteiger partial charge < -0.3 is 15.4 Å². The van der Waals surface area contributed by atoms with Crippen molar-refractivity contribution in [3.63, 3.8) is 0 Å². The molecule has 0 radical (unpaired) electrons. The van der Waals surface area contributed by atoms with Crippen molar-refractivity contribution >= 4 is 23.6 Å². The summed E-state index contributed by atoms with van der Waals surface area (Å²) in [6.07, 6.45) is 0.282. The fourth-order valence-corrected chi connectivity index (χ4v) is 4.23. The Kier molecular flexibility index (Phi) is 8.42. The maximum absolute atomic E-state index is 14.2. The van der Waals surface area contributed by atoms with Gasteiger partial charge in [0, 0.05) is 6.42 Å². The zero-order chi connectivity index (χ0) is 24.9. The molecule has 1 fully saturated rings. The minimum atomic E-state index is -4.60. The van der Waals surface area contributed by atoms with Crippen LogP contribution in [0.25, 0.3) is 0 Å². The Bertz CT molecular complexity index is 1020. The highest BCUT2D eigenvalue weighted by Crippen LogP contribution is 2.38. The molecule has 0 saturated carbocycles. The Hall–Kier alpha value is -2.79. The molecule has 1 aliphatic heterocycles. The molecule has 2 aromatic rings. The van der Waals surface area contributed by atoms with Gasteiger partial charge in [0.1, 0.15) is 11.6 Å². The monoisotopic (exact) mass is 499 g/mol. The van der Waals surface area contributed by atoms with E-state index in [1.807, 2.05) is 12.1 Å². The molecule has 2 amide bonds. The molecule has 0 aliphatic carbocycles. The second-order valence-corrected chi connectivity index (χ2v) is 8.91. The van der Waals surface area contributed by atoms with Gasteiger partial charge in [-0.05, 0) is 53.6 Å². The first-order valence-corrected chi connectivity index (χ1v) is 11.4. The fourth-order valence-electron chi connectivity index (χ4n) is 3.69. The summed E-state index contributed by atoms with van der Waals surface area (Å²) in [4.78, 5) is 24.6. The number of amides is 2. The Morgan fingerprint density at radius 1 is 1.24 bits per heavy atom. The zero-order valence-corrected chi connectivity index (χ0v) is 19.4. The first-order chi connectivity index (χ1) is 16.1. The third-order valence-corrected chi connectivity index (χ3v) is 6.13. The lowest BCUT2D eigenvalue weighted by atomic mass is 10.0. The van der Waals surface area contributed by atoms with E-state index in [0.29, 0.717) is 24.2 Å². The standard InChI is InChI=1S/C23H25F4N3O3S/c1-3-17(14-6-9-19(16(24)11-14)34-23(25,26)27)29-22(32)18-12-21(31)30-20(28-18)10-13-4-7-15(33-2)8-5-13/h4-9,11,17-18,20,28H,3,10,12H2,1-2H3,(H,29,32)(H,30,31)/t17-,18?,20?/m1/s1. The zero-order valence-electron chi connectivity index (χ0n) is 18.5. The number of thioether (sulfide) groups is 1. The third-order valence-electron chi connectivity index (χ3n) is 5.35. The van der Waals surface area contributed by atoms with Crippen LogP contribution < -0.4 is 20.7 Å². The van der Waals surface area contributed by atoms with Gasteiger partial charge in [-0.25, -0.2) is 4.39 Å². The summed E-state index contributed by atoms with van der Waals surface area (Å²) >= 11 is -0.529. The maximum atomic E-state index is 14.2. The minimum absolute atomic E-state index is 0.0725. The molecule has 3 atom stereocenters. The molecule has 0 aromatic heterocycles. The van der Waals surface area contributed by atoms with E-state index in [0.717, 1.165) is 17.7 Å². The van der Waals surface area contributed by atoms with Crippen molar-refractivity contribution in [3.05, 3.63) is 59.4 Å². The molecule has 184 valence electrons. The topological polar surface area (TPSA) is 79.5 Å². The van der Waals surface area contributed by atoms with Gasteiger partial charge in [0.05, 0.1) is 36.7 Å². The molecule has 6 nitrogen and oxygen atoms in total. The number of benzene rings is 2. The molecular formula is C23H25F4N3O3S. The Labute approximate surface area is 198 Å². The largest absolute Gasteiger partial charge is 0.497 e. The number of nitrogens with one attached hydrogen (secondary N) is 3. The van der Waals surface area contributed by atoms with E-state index >= 15 is 0 Å². The number of halogens is 4. The van der Waals surface area contributed by atoms with Gasteiger partial charge in [0.2, 0.25) is 11.8 Å². The number of methoxy groups -OCH3 is 1. The highest BCUT2D eigenvalue weighted by Gasteiger charge is 2.33. The molecule has 0 bridgehead atoms. The number of hydrogen-bond acceptors (Lipinski definition) is 5. The number of alkyl halides is 3. The van der Waals surface area contributed by atoms with Gasteiger partial charge in [-0.1, -0.05) is 25.1 Å². The van der Waals surface area contributed by atoms with Gasteiger partial charge >= 0.3 is 5.51 Å². The molecular weight excluding hydrogens is 474 g/mol. The van der Waals surface area contributed by atoms with Gasteiger partial charge in [-0.15, -0.1) is 0 Å². The first kappa shape index (κ1) is 25.8. The quantitative estimate of drug-likeness (QED) is 0.377. The number of carbonyl (C=O) groups is 2. The van der Waals surface area contributed by atoms with Crippen molar-refractivity contribution in [2.45, 2.75) is 54.8 Å². The van der Waals surface area contributed by atoms with Crippen molar-refractivity contribution in [2.75, 3.05) is 7.11 Å². The number of carbonyl (C=O) groups excluding carboxylic acids is 2. The summed E-state index contributed by atoms with van der Waals surface area (Å²) in [5, 5.41) is 8.69. The van der Waals surface area contributed by atoms with Gasteiger partial charge in [0.15, 0.2) is 0 Å². The molecule has 34 heavy (non-hydrogen) atoms. The summed E-state index contributed by atoms with van der Waals surface area (Å²) in [6, 6.07) is 9.29. The molecule has 2 aromatic carbocycles. The average Bonchev–Trinajstić information content (AvgIpc) is 2.78. The predicted molar refractivity (Wildman–Crippen MR) is 120 cm³/mol. The van der Waals surface area contributed by atoms with Crippen molar-refractivity contribution < 1.29 is 31.9 Å². The predicted octanol–water partition coefficient (Wildman–Crippen LogP) is 4.06. The van der Waals surface area contributed by atoms with Crippen LogP contribution in [0.1, 0.15) is 36.9 Å². The van der Waals surface area contributed by atoms with Crippen LogP contribution in [0, 0.1) is 5.82 Å². The second-order valence-electron chi connectivity index (χ2n) is 7.80. The number of rotatable bonds is 8. The molecule has 1 aliphatic rings. The van der Waals surface area contributed by atoms with Crippen LogP contribution >= 0.6 is 11.8 Å². The van der Waals surface area contributed by atoms with Crippen LogP contribution in [0.4, 0.5) is 17.6 Å². The fraction of sp³-hybridized carbons (Fsp3) is 0.391. The molecule has 1 heterocycles. The summed E-state index contributed by atoms with van der Waals surface area (Å²) in [5.74, 6) is -1.04. The molecule has 3 N–H and O–H groups in total. The third kappa shape index (κ3) is 7.10. The van der Waals surface area contributed by atoms with Crippen LogP contribution in [-0.2, 0) is 16.0 Å². The van der Waals surface area contributed by atoms with Crippen LogP contribution in [0.5, 0.6) is 5.75 Å². The van der Waals surface area contributed by atoms with E-state index in [9.17, 15) is 27.2 Å². The summed E-state index contributed by atoms with van der Waals surface area (Å²) in [6.45, 7) is 1.76. The van der Waals surface area contributed by atoms with E-state index in [2.05, 4.69) is 16.0 Å². The van der Waals surface area contributed by atoms with Gasteiger partial charge in [-0.2, -0.15) is 13.2 Å². The summed E-state index contributed by atoms with van der Waals surface area (Å²) < 4.78 is 57.0. The first-order valence-electron chi connectivity index (χ1n) is 10.6. The SMILES string of the molecule is CC[C@@H](NC(=O)C1CC(=O)NC(Cc2ccc(OC)cc2)N1)c1ccc(SC(F)(F)F)c(F)c1. The lowest BCUT2D eigenvalue weighted by Crippen LogP contribution is -2.61. The Balaban J connectivity index is 1.65. The van der Waals surface area contributed by atoms with Crippen LogP contribution in [0.2, 0.25) is 0 Å². The molecule has 0 spiro atoms. The Morgan fingerprint density at radius 3 is 2.53 bits per heavy atom. The molecule has 1 saturated heterocycles. The van der Waals surface area contributed by atoms with E-state index in [1.165, 1.54) is 6.07 Å². The van der Waals surface area contributed by atoms with E-state index in [4.69, 9.17) is 4.74 Å². The normalized spacial score (nSPS) is 19.3. The Morgan fingerprint density at radius 2 is 1.94 bits per heavy atom. The van der Waals surface area contributed by atoms with Crippen molar-refractivity contribution in [2.24, 2.45) is 0 Å². The van der Waals surface area contributed by atoms with Crippen molar-refractivity contribution in [3.8, 4) is 5.75 Å². The molecule has 11 heteroatoms. The summed E-state index contributed by atoms with van der Waals surface area (Å²) in [5.41, 5.74) is -3.33. The van der Waals surface area contributed by atoms with Crippen LogP contribution in [0.15, 0.2) is 47.4 Å². The van der Waals surface area contributed by atoms with Crippen molar-refractivity contribution in [1.82, 2.24) is 16.0 Å². The van der Waals surface area contributed by atoms with E-state index in [1.54, 1.807) is 26.2 Å². The molecule has 2 unspecified atom stereocenters. The number of ether oxygens (including phenoxy) is 1. The van der Waals surface area contributed by atoms with Gasteiger partial charge in [-0.3, -0.25) is 14.9 Å². The smallest absolute Gasteiger partial charge is 0.446 e. The van der Waals surface area contributed by atoms with E-state index in [-0.39, 0.29) is 12.3 Å². The van der Waals surface area contributed by atoms with E-state index < -0.39 is 52.1 Å². The maximum Gasteiger partial charge on any atom is 0.446 e.